The van der Waals surface area contributed by atoms with Crippen molar-refractivity contribution in [1.29, 1.82) is 0 Å². The summed E-state index contributed by atoms with van der Waals surface area (Å²) < 4.78 is 5.61. The van der Waals surface area contributed by atoms with Crippen LogP contribution in [0.15, 0.2) is 77.5 Å². The molecule has 0 saturated carbocycles. The maximum atomic E-state index is 13.0. The van der Waals surface area contributed by atoms with Gasteiger partial charge in [0.15, 0.2) is 0 Å². The largest absolute Gasteiger partial charge is 0.491 e. The summed E-state index contributed by atoms with van der Waals surface area (Å²) in [5.74, 6) is -1.08. The van der Waals surface area contributed by atoms with Gasteiger partial charge in [-0.05, 0) is 74.5 Å². The van der Waals surface area contributed by atoms with Gasteiger partial charge in [0, 0.05) is 22.0 Å². The number of halogens is 3. The van der Waals surface area contributed by atoms with E-state index in [4.69, 9.17) is 39.5 Å². The van der Waals surface area contributed by atoms with E-state index in [1.807, 2.05) is 13.8 Å². The quantitative estimate of drug-likeness (QED) is 0.333. The van der Waals surface area contributed by atoms with Crippen LogP contribution in [0.25, 0.3) is 0 Å². The molecule has 1 aliphatic rings. The minimum atomic E-state index is -0.729. The zero-order chi connectivity index (χ0) is 26.0. The second kappa shape index (κ2) is 10.6. The molecule has 36 heavy (non-hydrogen) atoms. The van der Waals surface area contributed by atoms with Gasteiger partial charge < -0.3 is 15.4 Å². The number of carbonyl (C=O) groups is 3. The summed E-state index contributed by atoms with van der Waals surface area (Å²) in [6.07, 6.45) is 0.0431. The normalized spacial score (nSPS) is 13.4. The van der Waals surface area contributed by atoms with Crippen LogP contribution in [0.1, 0.15) is 24.2 Å². The number of amides is 3. The summed E-state index contributed by atoms with van der Waals surface area (Å²) in [6, 6.07) is 17.8. The van der Waals surface area contributed by atoms with E-state index >= 15 is 0 Å². The van der Waals surface area contributed by atoms with Crippen LogP contribution < -0.4 is 20.3 Å². The molecule has 184 valence electrons. The third-order valence-corrected chi connectivity index (χ3v) is 5.94. The van der Waals surface area contributed by atoms with Crippen LogP contribution in [0.2, 0.25) is 10.0 Å². The van der Waals surface area contributed by atoms with Crippen molar-refractivity contribution >= 4 is 69.6 Å². The molecule has 0 fully saturated rings. The Kier molecular flexibility index (Phi) is 7.54. The van der Waals surface area contributed by atoms with E-state index < -0.39 is 11.8 Å². The van der Waals surface area contributed by atoms with Gasteiger partial charge in [0.25, 0.3) is 17.7 Å². The second-order valence-electron chi connectivity index (χ2n) is 8.08. The molecule has 0 atom stereocenters. The predicted molar refractivity (Wildman–Crippen MR) is 142 cm³/mol. The Bertz CT molecular complexity index is 1390. The Morgan fingerprint density at radius 2 is 1.61 bits per heavy atom. The molecule has 4 rings (SSSR count). The van der Waals surface area contributed by atoms with Crippen LogP contribution in [0.3, 0.4) is 0 Å². The minimum absolute atomic E-state index is 0.0431. The average Bonchev–Trinajstić information content (AvgIpc) is 3.03. The van der Waals surface area contributed by atoms with E-state index in [0.29, 0.717) is 27.7 Å². The molecule has 10 heteroatoms. The lowest BCUT2D eigenvalue weighted by Gasteiger charge is -2.16. The highest BCUT2D eigenvalue weighted by Gasteiger charge is 2.39. The lowest BCUT2D eigenvalue weighted by molar-refractivity contribution is -0.120. The number of nitrogens with zero attached hydrogens (tertiary/aromatic N) is 1. The zero-order valence-electron chi connectivity index (χ0n) is 19.1. The summed E-state index contributed by atoms with van der Waals surface area (Å²) in [4.78, 5) is 39.4. The molecule has 7 nitrogen and oxygen atoms in total. The molecule has 0 bridgehead atoms. The Hall–Kier alpha value is -3.52. The number of hydrogen-bond acceptors (Lipinski definition) is 5. The van der Waals surface area contributed by atoms with Crippen LogP contribution in [-0.2, 0) is 9.59 Å². The number of nitrogens with one attached hydrogen (secondary N) is 2. The van der Waals surface area contributed by atoms with Crippen molar-refractivity contribution in [1.82, 2.24) is 0 Å². The lowest BCUT2D eigenvalue weighted by atomic mass is 10.1. The minimum Gasteiger partial charge on any atom is -0.491 e. The van der Waals surface area contributed by atoms with Crippen LogP contribution in [-0.4, -0.2) is 23.8 Å². The van der Waals surface area contributed by atoms with Gasteiger partial charge in [-0.1, -0.05) is 40.9 Å². The maximum Gasteiger partial charge on any atom is 0.283 e. The molecule has 0 spiro atoms. The average molecular weight is 545 g/mol. The van der Waals surface area contributed by atoms with Gasteiger partial charge in [-0.2, -0.15) is 0 Å². The molecule has 1 heterocycles. The van der Waals surface area contributed by atoms with Crippen molar-refractivity contribution in [2.24, 2.45) is 0 Å². The van der Waals surface area contributed by atoms with Crippen LogP contribution in [0.5, 0.6) is 5.75 Å². The van der Waals surface area contributed by atoms with Gasteiger partial charge in [0.05, 0.1) is 16.8 Å². The lowest BCUT2D eigenvalue weighted by Crippen LogP contribution is -2.32. The SMILES string of the molecule is CC(C)Oc1ccc(NC(=O)c2cccc(NC3=C(Cl)C(=O)N(c4ccc(Cl)cc4Cl)C3=O)c2)cc1. The highest BCUT2D eigenvalue weighted by molar-refractivity contribution is 6.54. The van der Waals surface area contributed by atoms with E-state index in [0.717, 1.165) is 4.90 Å². The molecular weight excluding hydrogens is 525 g/mol. The molecular formula is C26H20Cl3N3O4. The molecule has 0 aliphatic carbocycles. The van der Waals surface area contributed by atoms with E-state index in [-0.39, 0.29) is 33.5 Å². The van der Waals surface area contributed by atoms with Gasteiger partial charge in [0.1, 0.15) is 16.5 Å². The van der Waals surface area contributed by atoms with Crippen molar-refractivity contribution in [2.75, 3.05) is 15.5 Å². The first-order valence-electron chi connectivity index (χ1n) is 10.8. The molecule has 3 aromatic carbocycles. The van der Waals surface area contributed by atoms with E-state index in [9.17, 15) is 14.4 Å². The number of rotatable bonds is 7. The molecule has 1 aliphatic heterocycles. The summed E-state index contributed by atoms with van der Waals surface area (Å²) >= 11 is 18.3. The maximum absolute atomic E-state index is 13.0. The molecule has 0 unspecified atom stereocenters. The Morgan fingerprint density at radius 3 is 2.28 bits per heavy atom. The molecule has 0 aromatic heterocycles. The topological polar surface area (TPSA) is 87.7 Å². The fraction of sp³-hybridized carbons (Fsp3) is 0.115. The van der Waals surface area contributed by atoms with E-state index in [2.05, 4.69) is 10.6 Å². The highest BCUT2D eigenvalue weighted by Crippen LogP contribution is 2.35. The molecule has 3 amide bonds. The summed E-state index contributed by atoms with van der Waals surface area (Å²) in [5, 5.41) is 5.84. The summed E-state index contributed by atoms with van der Waals surface area (Å²) in [6.45, 7) is 3.86. The zero-order valence-corrected chi connectivity index (χ0v) is 21.4. The Morgan fingerprint density at radius 1 is 0.889 bits per heavy atom. The van der Waals surface area contributed by atoms with Crippen molar-refractivity contribution in [2.45, 2.75) is 20.0 Å². The standard InChI is InChI=1S/C26H20Cl3N3O4/c1-14(2)36-19-9-7-17(8-10-19)31-24(33)15-4-3-5-18(12-15)30-23-22(29)25(34)32(26(23)35)21-11-6-16(27)13-20(21)28/h3-14,30H,1-2H3,(H,31,33). The number of carbonyl (C=O) groups excluding carboxylic acids is 3. The fourth-order valence-corrected chi connectivity index (χ4v) is 4.17. The molecule has 2 N–H and O–H groups in total. The first-order chi connectivity index (χ1) is 17.1. The van der Waals surface area contributed by atoms with E-state index in [1.54, 1.807) is 48.5 Å². The summed E-state index contributed by atoms with van der Waals surface area (Å²) in [5.41, 5.74) is 1.33. The number of hydrogen-bond donors (Lipinski definition) is 2. The van der Waals surface area contributed by atoms with Gasteiger partial charge in [0.2, 0.25) is 0 Å². The van der Waals surface area contributed by atoms with E-state index in [1.165, 1.54) is 18.2 Å². The second-order valence-corrected chi connectivity index (χ2v) is 9.30. The third kappa shape index (κ3) is 5.49. The Labute approximate surface area is 222 Å². The third-order valence-electron chi connectivity index (χ3n) is 5.06. The van der Waals surface area contributed by atoms with Crippen LogP contribution in [0.4, 0.5) is 17.1 Å². The van der Waals surface area contributed by atoms with Crippen molar-refractivity contribution < 1.29 is 19.1 Å². The monoisotopic (exact) mass is 543 g/mol. The smallest absolute Gasteiger partial charge is 0.283 e. The van der Waals surface area contributed by atoms with Crippen LogP contribution >= 0.6 is 34.8 Å². The highest BCUT2D eigenvalue weighted by atomic mass is 35.5. The number of anilines is 3. The Balaban J connectivity index is 1.49. The first kappa shape index (κ1) is 25.6. The van der Waals surface area contributed by atoms with Gasteiger partial charge in [-0.3, -0.25) is 14.4 Å². The molecule has 0 radical (unpaired) electrons. The molecule has 0 saturated heterocycles. The van der Waals surface area contributed by atoms with Crippen molar-refractivity contribution in [3.8, 4) is 5.75 Å². The van der Waals surface area contributed by atoms with Gasteiger partial charge in [-0.25, -0.2) is 4.90 Å². The van der Waals surface area contributed by atoms with Crippen molar-refractivity contribution in [3.05, 3.63) is 93.1 Å². The number of benzene rings is 3. The fourth-order valence-electron chi connectivity index (χ4n) is 3.47. The van der Waals surface area contributed by atoms with Gasteiger partial charge in [-0.15, -0.1) is 0 Å². The number of ether oxygens (including phenoxy) is 1. The first-order valence-corrected chi connectivity index (χ1v) is 12.0. The van der Waals surface area contributed by atoms with Gasteiger partial charge >= 0.3 is 0 Å². The van der Waals surface area contributed by atoms with Crippen LogP contribution in [0, 0.1) is 0 Å². The predicted octanol–water partition coefficient (Wildman–Crippen LogP) is 6.47. The van der Waals surface area contributed by atoms with Crippen molar-refractivity contribution in [3.63, 3.8) is 0 Å². The molecule has 3 aromatic rings. The number of imide groups is 1. The summed E-state index contributed by atoms with van der Waals surface area (Å²) in [7, 11) is 0.